The summed E-state index contributed by atoms with van der Waals surface area (Å²) >= 11 is 0. The van der Waals surface area contributed by atoms with E-state index in [0.29, 0.717) is 12.0 Å². The fourth-order valence-corrected chi connectivity index (χ4v) is 1.87. The highest BCUT2D eigenvalue weighted by atomic mass is 14.9. The molecular weight excluding hydrogens is 196 g/mol. The van der Waals surface area contributed by atoms with Crippen molar-refractivity contribution in [2.45, 2.75) is 46.6 Å². The van der Waals surface area contributed by atoms with Crippen LogP contribution in [0.3, 0.4) is 0 Å². The van der Waals surface area contributed by atoms with E-state index in [1.54, 1.807) is 0 Å². The Kier molecular flexibility index (Phi) is 5.47. The smallest absolute Gasteiger partial charge is 0.0419 e. The van der Waals surface area contributed by atoms with Gasteiger partial charge >= 0.3 is 0 Å². The minimum absolute atomic E-state index is 0.546. The first-order valence-corrected chi connectivity index (χ1v) is 6.32. The standard InChI is InChI=1S/C14H24N2/c1-5-12(4)14(15-6-2)9-13-8-7-11(3)10-16-13/h7-8,10,12,14-15H,5-6,9H2,1-4H3. The summed E-state index contributed by atoms with van der Waals surface area (Å²) < 4.78 is 0. The zero-order chi connectivity index (χ0) is 12.0. The summed E-state index contributed by atoms with van der Waals surface area (Å²) in [5.41, 5.74) is 2.42. The number of likely N-dealkylation sites (N-methyl/N-ethyl adjacent to an activating group) is 1. The van der Waals surface area contributed by atoms with Crippen LogP contribution in [0.1, 0.15) is 38.4 Å². The number of rotatable bonds is 6. The van der Waals surface area contributed by atoms with Gasteiger partial charge in [0.05, 0.1) is 0 Å². The van der Waals surface area contributed by atoms with Crippen LogP contribution in [0.2, 0.25) is 0 Å². The largest absolute Gasteiger partial charge is 0.314 e. The van der Waals surface area contributed by atoms with Crippen molar-refractivity contribution in [2.75, 3.05) is 6.54 Å². The third-order valence-electron chi connectivity index (χ3n) is 3.20. The molecule has 0 fully saturated rings. The number of aromatic nitrogens is 1. The van der Waals surface area contributed by atoms with Gasteiger partial charge in [-0.15, -0.1) is 0 Å². The molecule has 0 spiro atoms. The summed E-state index contributed by atoms with van der Waals surface area (Å²) in [7, 11) is 0. The molecule has 0 radical (unpaired) electrons. The average Bonchev–Trinajstić information content (AvgIpc) is 2.30. The fraction of sp³-hybridized carbons (Fsp3) is 0.643. The topological polar surface area (TPSA) is 24.9 Å². The monoisotopic (exact) mass is 220 g/mol. The van der Waals surface area contributed by atoms with Gasteiger partial charge in [-0.3, -0.25) is 4.98 Å². The highest BCUT2D eigenvalue weighted by Gasteiger charge is 2.15. The average molecular weight is 220 g/mol. The molecule has 1 rings (SSSR count). The van der Waals surface area contributed by atoms with Gasteiger partial charge in [0.25, 0.3) is 0 Å². The molecule has 16 heavy (non-hydrogen) atoms. The molecule has 0 aliphatic heterocycles. The van der Waals surface area contributed by atoms with Gasteiger partial charge in [0, 0.05) is 24.4 Å². The van der Waals surface area contributed by atoms with Gasteiger partial charge in [0.15, 0.2) is 0 Å². The molecule has 2 nitrogen and oxygen atoms in total. The van der Waals surface area contributed by atoms with Gasteiger partial charge in [0.1, 0.15) is 0 Å². The molecule has 0 aliphatic carbocycles. The van der Waals surface area contributed by atoms with Crippen molar-refractivity contribution in [3.8, 4) is 0 Å². The first-order chi connectivity index (χ1) is 7.67. The van der Waals surface area contributed by atoms with Crippen molar-refractivity contribution >= 4 is 0 Å². The minimum Gasteiger partial charge on any atom is -0.314 e. The first-order valence-electron chi connectivity index (χ1n) is 6.32. The predicted molar refractivity (Wildman–Crippen MR) is 69.6 cm³/mol. The van der Waals surface area contributed by atoms with E-state index in [2.05, 4.69) is 50.1 Å². The molecule has 2 unspecified atom stereocenters. The molecule has 0 bridgehead atoms. The maximum atomic E-state index is 4.48. The summed E-state index contributed by atoms with van der Waals surface area (Å²) in [6, 6.07) is 4.83. The van der Waals surface area contributed by atoms with Crippen molar-refractivity contribution in [1.82, 2.24) is 10.3 Å². The van der Waals surface area contributed by atoms with Gasteiger partial charge < -0.3 is 5.32 Å². The second kappa shape index (κ2) is 6.64. The lowest BCUT2D eigenvalue weighted by atomic mass is 9.94. The van der Waals surface area contributed by atoms with Crippen LogP contribution in [0.5, 0.6) is 0 Å². The Morgan fingerprint density at radius 1 is 1.31 bits per heavy atom. The normalized spacial score (nSPS) is 14.8. The molecule has 0 aromatic carbocycles. The summed E-state index contributed by atoms with van der Waals surface area (Å²) in [5, 5.41) is 3.56. The van der Waals surface area contributed by atoms with Gasteiger partial charge in [-0.05, 0) is 31.0 Å². The van der Waals surface area contributed by atoms with Crippen LogP contribution in [-0.4, -0.2) is 17.6 Å². The number of pyridine rings is 1. The summed E-state index contributed by atoms with van der Waals surface area (Å²) in [6.07, 6.45) is 4.20. The van der Waals surface area contributed by atoms with Crippen molar-refractivity contribution in [2.24, 2.45) is 5.92 Å². The molecule has 0 saturated carbocycles. The summed E-state index contributed by atoms with van der Waals surface area (Å²) in [5.74, 6) is 0.697. The predicted octanol–water partition coefficient (Wildman–Crippen LogP) is 2.96. The second-order valence-corrected chi connectivity index (χ2v) is 4.58. The minimum atomic E-state index is 0.546. The number of hydrogen-bond donors (Lipinski definition) is 1. The van der Waals surface area contributed by atoms with Gasteiger partial charge in [-0.1, -0.05) is 33.3 Å². The van der Waals surface area contributed by atoms with E-state index in [1.165, 1.54) is 17.7 Å². The van der Waals surface area contributed by atoms with E-state index in [9.17, 15) is 0 Å². The lowest BCUT2D eigenvalue weighted by Crippen LogP contribution is -2.36. The van der Waals surface area contributed by atoms with E-state index < -0.39 is 0 Å². The molecular formula is C14H24N2. The van der Waals surface area contributed by atoms with Gasteiger partial charge in [-0.25, -0.2) is 0 Å². The first kappa shape index (κ1) is 13.2. The number of hydrogen-bond acceptors (Lipinski definition) is 2. The van der Waals surface area contributed by atoms with Crippen LogP contribution in [0.4, 0.5) is 0 Å². The zero-order valence-electron chi connectivity index (χ0n) is 11.0. The van der Waals surface area contributed by atoms with Crippen molar-refractivity contribution in [3.05, 3.63) is 29.6 Å². The second-order valence-electron chi connectivity index (χ2n) is 4.58. The molecule has 0 aliphatic rings. The van der Waals surface area contributed by atoms with Crippen molar-refractivity contribution < 1.29 is 0 Å². The maximum absolute atomic E-state index is 4.48. The van der Waals surface area contributed by atoms with Crippen LogP contribution in [0, 0.1) is 12.8 Å². The van der Waals surface area contributed by atoms with E-state index in [-0.39, 0.29) is 0 Å². The maximum Gasteiger partial charge on any atom is 0.0419 e. The number of aryl methyl sites for hydroxylation is 1. The Morgan fingerprint density at radius 3 is 2.56 bits per heavy atom. The third-order valence-corrected chi connectivity index (χ3v) is 3.20. The Morgan fingerprint density at radius 2 is 2.06 bits per heavy atom. The van der Waals surface area contributed by atoms with Gasteiger partial charge in [-0.2, -0.15) is 0 Å². The molecule has 0 saturated heterocycles. The third kappa shape index (κ3) is 3.93. The lowest BCUT2D eigenvalue weighted by molar-refractivity contribution is 0.368. The Bertz CT molecular complexity index is 292. The highest BCUT2D eigenvalue weighted by Crippen LogP contribution is 2.12. The van der Waals surface area contributed by atoms with Gasteiger partial charge in [0.2, 0.25) is 0 Å². The Balaban J connectivity index is 2.63. The SMILES string of the molecule is CCNC(Cc1ccc(C)cn1)C(C)CC. The lowest BCUT2D eigenvalue weighted by Gasteiger charge is -2.23. The van der Waals surface area contributed by atoms with Crippen molar-refractivity contribution in [1.29, 1.82) is 0 Å². The fourth-order valence-electron chi connectivity index (χ4n) is 1.87. The summed E-state index contributed by atoms with van der Waals surface area (Å²) in [4.78, 5) is 4.48. The molecule has 1 N–H and O–H groups in total. The van der Waals surface area contributed by atoms with Crippen LogP contribution in [0.15, 0.2) is 18.3 Å². The van der Waals surface area contributed by atoms with E-state index >= 15 is 0 Å². The molecule has 1 aromatic heterocycles. The van der Waals surface area contributed by atoms with Crippen LogP contribution >= 0.6 is 0 Å². The van der Waals surface area contributed by atoms with E-state index in [4.69, 9.17) is 0 Å². The van der Waals surface area contributed by atoms with E-state index in [1.807, 2.05) is 6.20 Å². The Labute approximate surface area is 99.5 Å². The van der Waals surface area contributed by atoms with E-state index in [0.717, 1.165) is 13.0 Å². The quantitative estimate of drug-likeness (QED) is 0.797. The van der Waals surface area contributed by atoms with Crippen molar-refractivity contribution in [3.63, 3.8) is 0 Å². The molecule has 1 heterocycles. The van der Waals surface area contributed by atoms with Crippen LogP contribution in [0.25, 0.3) is 0 Å². The molecule has 2 heteroatoms. The molecule has 1 aromatic rings. The van der Waals surface area contributed by atoms with Crippen LogP contribution < -0.4 is 5.32 Å². The Hall–Kier alpha value is -0.890. The molecule has 2 atom stereocenters. The molecule has 90 valence electrons. The highest BCUT2D eigenvalue weighted by molar-refractivity contribution is 5.13. The summed E-state index contributed by atoms with van der Waals surface area (Å²) in [6.45, 7) is 9.82. The number of nitrogens with one attached hydrogen (secondary N) is 1. The number of nitrogens with zero attached hydrogens (tertiary/aromatic N) is 1. The molecule has 0 amide bonds. The zero-order valence-corrected chi connectivity index (χ0v) is 11.0. The van der Waals surface area contributed by atoms with Crippen LogP contribution in [-0.2, 0) is 6.42 Å².